The van der Waals surface area contributed by atoms with Crippen LogP contribution in [0.3, 0.4) is 0 Å². The number of nitrogens with zero attached hydrogens (tertiary/aromatic N) is 3. The monoisotopic (exact) mass is 177 g/mol. The molecule has 0 aliphatic carbocycles. The molecule has 4 nitrogen and oxygen atoms in total. The second kappa shape index (κ2) is 2.80. The number of hydrogen-bond acceptors (Lipinski definition) is 3. The maximum Gasteiger partial charge on any atom is 0.205 e. The quantitative estimate of drug-likeness (QED) is 0.651. The highest BCUT2D eigenvalue weighted by molar-refractivity contribution is 6.02. The maximum atomic E-state index is 11.3. The van der Waals surface area contributed by atoms with Crippen LogP contribution >= 0.6 is 0 Å². The minimum atomic E-state index is 0.0434. The van der Waals surface area contributed by atoms with Gasteiger partial charge in [0.05, 0.1) is 18.3 Å². The molecule has 68 valence electrons. The molecule has 2 rings (SSSR count). The van der Waals surface area contributed by atoms with Crippen molar-refractivity contribution in [2.24, 2.45) is 5.10 Å². The van der Waals surface area contributed by atoms with Crippen molar-refractivity contribution in [1.82, 2.24) is 9.66 Å². The van der Waals surface area contributed by atoms with E-state index in [-0.39, 0.29) is 5.78 Å². The third-order valence-electron chi connectivity index (χ3n) is 2.08. The summed E-state index contributed by atoms with van der Waals surface area (Å²) in [6, 6.07) is 0. The van der Waals surface area contributed by atoms with Gasteiger partial charge in [-0.15, -0.1) is 0 Å². The van der Waals surface area contributed by atoms with Crippen LogP contribution in [0.15, 0.2) is 11.3 Å². The van der Waals surface area contributed by atoms with E-state index in [1.807, 2.05) is 0 Å². The van der Waals surface area contributed by atoms with Crippen molar-refractivity contribution in [2.45, 2.75) is 26.2 Å². The summed E-state index contributed by atoms with van der Waals surface area (Å²) in [7, 11) is 0. The smallest absolute Gasteiger partial charge is 0.205 e. The summed E-state index contributed by atoms with van der Waals surface area (Å²) >= 11 is 0. The molecule has 0 atom stereocenters. The van der Waals surface area contributed by atoms with E-state index in [0.717, 1.165) is 5.69 Å². The Labute approximate surface area is 76.3 Å². The summed E-state index contributed by atoms with van der Waals surface area (Å²) in [5.74, 6) is 0.845. The minimum Gasteiger partial charge on any atom is -0.290 e. The first kappa shape index (κ1) is 8.16. The molecule has 2 heterocycles. The van der Waals surface area contributed by atoms with Crippen LogP contribution < -0.4 is 0 Å². The van der Waals surface area contributed by atoms with Crippen molar-refractivity contribution in [1.29, 1.82) is 0 Å². The first-order valence-corrected chi connectivity index (χ1v) is 4.34. The highest BCUT2D eigenvalue weighted by Gasteiger charge is 2.20. The van der Waals surface area contributed by atoms with Gasteiger partial charge >= 0.3 is 0 Å². The van der Waals surface area contributed by atoms with E-state index >= 15 is 0 Å². The maximum absolute atomic E-state index is 11.3. The summed E-state index contributed by atoms with van der Waals surface area (Å²) in [6.45, 7) is 4.11. The third kappa shape index (κ3) is 1.18. The number of fused-ring (bicyclic) bond motifs is 1. The lowest BCUT2D eigenvalue weighted by Gasteiger charge is -2.10. The van der Waals surface area contributed by atoms with Crippen molar-refractivity contribution < 1.29 is 4.79 Å². The highest BCUT2D eigenvalue weighted by atomic mass is 16.1. The van der Waals surface area contributed by atoms with E-state index in [1.54, 1.807) is 17.1 Å². The van der Waals surface area contributed by atoms with Crippen molar-refractivity contribution in [3.05, 3.63) is 17.7 Å². The fraction of sp³-hybridized carbons (Fsp3) is 0.444. The van der Waals surface area contributed by atoms with E-state index in [4.69, 9.17) is 0 Å². The molecule has 13 heavy (non-hydrogen) atoms. The predicted molar refractivity (Wildman–Crippen MR) is 49.2 cm³/mol. The third-order valence-corrected chi connectivity index (χ3v) is 2.08. The first-order chi connectivity index (χ1) is 6.20. The van der Waals surface area contributed by atoms with Crippen LogP contribution in [0.1, 0.15) is 42.5 Å². The highest BCUT2D eigenvalue weighted by Crippen LogP contribution is 2.18. The predicted octanol–water partition coefficient (Wildman–Crippen LogP) is 1.43. The zero-order valence-electron chi connectivity index (χ0n) is 7.69. The molecular weight excluding hydrogens is 166 g/mol. The molecule has 0 N–H and O–H groups in total. The summed E-state index contributed by atoms with van der Waals surface area (Å²) in [4.78, 5) is 15.4. The van der Waals surface area contributed by atoms with Crippen LogP contribution in [0.25, 0.3) is 0 Å². The second-order valence-corrected chi connectivity index (χ2v) is 3.40. The van der Waals surface area contributed by atoms with Crippen molar-refractivity contribution in [3.8, 4) is 0 Å². The number of carbonyl (C=O) groups excluding carboxylic acids is 1. The van der Waals surface area contributed by atoms with Gasteiger partial charge in [-0.05, 0) is 5.92 Å². The molecule has 1 aliphatic heterocycles. The lowest BCUT2D eigenvalue weighted by atomic mass is 10.1. The number of carbonyl (C=O) groups is 1. The van der Waals surface area contributed by atoms with E-state index in [1.165, 1.54) is 0 Å². The van der Waals surface area contributed by atoms with Gasteiger partial charge in [0, 0.05) is 6.21 Å². The minimum absolute atomic E-state index is 0.0434. The van der Waals surface area contributed by atoms with Crippen LogP contribution in [0.5, 0.6) is 0 Å². The number of rotatable bonds is 1. The Kier molecular flexibility index (Phi) is 1.76. The molecule has 4 heteroatoms. The Morgan fingerprint density at radius 2 is 2.31 bits per heavy atom. The van der Waals surface area contributed by atoms with Gasteiger partial charge in [-0.25, -0.2) is 9.66 Å². The molecule has 0 saturated carbocycles. The Morgan fingerprint density at radius 1 is 1.54 bits per heavy atom. The second-order valence-electron chi connectivity index (χ2n) is 3.40. The van der Waals surface area contributed by atoms with E-state index in [2.05, 4.69) is 23.9 Å². The van der Waals surface area contributed by atoms with Crippen LogP contribution in [0.4, 0.5) is 0 Å². The zero-order valence-corrected chi connectivity index (χ0v) is 7.69. The average molecular weight is 177 g/mol. The molecule has 0 unspecified atom stereocenters. The summed E-state index contributed by atoms with van der Waals surface area (Å²) in [6.07, 6.45) is 3.72. The number of hydrogen-bond donors (Lipinski definition) is 0. The van der Waals surface area contributed by atoms with E-state index in [0.29, 0.717) is 18.2 Å². The summed E-state index contributed by atoms with van der Waals surface area (Å²) in [5.41, 5.74) is 0.985. The van der Waals surface area contributed by atoms with Crippen LogP contribution in [-0.2, 0) is 0 Å². The molecular formula is C9H11N3O. The number of ketones is 1. The number of aromatic nitrogens is 2. The van der Waals surface area contributed by atoms with Gasteiger partial charge in [-0.3, -0.25) is 4.79 Å². The van der Waals surface area contributed by atoms with Crippen LogP contribution in [-0.4, -0.2) is 21.7 Å². The molecule has 0 aromatic carbocycles. The molecule has 0 spiro atoms. The zero-order chi connectivity index (χ0) is 9.42. The fourth-order valence-electron chi connectivity index (χ4n) is 1.36. The average Bonchev–Trinajstić information content (AvgIpc) is 2.48. The number of imidazole rings is 1. The molecule has 1 aromatic rings. The van der Waals surface area contributed by atoms with Gasteiger partial charge < -0.3 is 0 Å². The Morgan fingerprint density at radius 3 is 3.00 bits per heavy atom. The van der Waals surface area contributed by atoms with Gasteiger partial charge in [0.2, 0.25) is 5.78 Å². The van der Waals surface area contributed by atoms with Gasteiger partial charge in [0.15, 0.2) is 5.82 Å². The lowest BCUT2D eigenvalue weighted by molar-refractivity contribution is 0.0984. The standard InChI is InChI=1S/C9H11N3O/c1-6(2)7-5-10-9-8(13)3-4-11-12(7)9/h4-6H,3H2,1-2H3. The molecule has 0 amide bonds. The van der Waals surface area contributed by atoms with Gasteiger partial charge in [0.25, 0.3) is 0 Å². The van der Waals surface area contributed by atoms with Crippen LogP contribution in [0.2, 0.25) is 0 Å². The van der Waals surface area contributed by atoms with Crippen molar-refractivity contribution in [3.63, 3.8) is 0 Å². The van der Waals surface area contributed by atoms with Crippen LogP contribution in [0, 0.1) is 0 Å². The Hall–Kier alpha value is -1.45. The lowest BCUT2D eigenvalue weighted by Crippen LogP contribution is -2.14. The molecule has 1 aliphatic rings. The largest absolute Gasteiger partial charge is 0.290 e. The van der Waals surface area contributed by atoms with E-state index < -0.39 is 0 Å². The molecule has 0 fully saturated rings. The topological polar surface area (TPSA) is 47.2 Å². The molecule has 1 aromatic heterocycles. The van der Waals surface area contributed by atoms with Crippen molar-refractivity contribution in [2.75, 3.05) is 0 Å². The summed E-state index contributed by atoms with van der Waals surface area (Å²) < 4.78 is 1.64. The SMILES string of the molecule is CC(C)c1cnc2n1N=CCC2=O. The molecule has 0 bridgehead atoms. The van der Waals surface area contributed by atoms with E-state index in [9.17, 15) is 4.79 Å². The van der Waals surface area contributed by atoms with Gasteiger partial charge in [-0.2, -0.15) is 5.10 Å². The van der Waals surface area contributed by atoms with Gasteiger partial charge in [-0.1, -0.05) is 13.8 Å². The fourth-order valence-corrected chi connectivity index (χ4v) is 1.36. The van der Waals surface area contributed by atoms with Gasteiger partial charge in [0.1, 0.15) is 0 Å². The Bertz CT molecular complexity index is 376. The Balaban J connectivity index is 2.55. The molecule has 0 saturated heterocycles. The summed E-state index contributed by atoms with van der Waals surface area (Å²) in [5, 5.41) is 4.13. The number of Topliss-reactive ketones (excluding diaryl/α,β-unsaturated/α-hetero) is 1. The molecule has 0 radical (unpaired) electrons. The normalized spacial score (nSPS) is 15.2. The first-order valence-electron chi connectivity index (χ1n) is 4.34. The van der Waals surface area contributed by atoms with Crippen molar-refractivity contribution >= 4 is 12.0 Å².